The molecule has 1 aromatic rings. The zero-order valence-electron chi connectivity index (χ0n) is 7.68. The van der Waals surface area contributed by atoms with Crippen LogP contribution in [0.2, 0.25) is 0 Å². The molecule has 7 heteroatoms. The molecule has 1 N–H and O–H groups in total. The van der Waals surface area contributed by atoms with Gasteiger partial charge in [-0.25, -0.2) is 4.79 Å². The summed E-state index contributed by atoms with van der Waals surface area (Å²) in [4.78, 5) is 20.1. The zero-order chi connectivity index (χ0) is 12.3. The molecule has 1 rings (SSSR count). The number of rotatable bonds is 3. The molecule has 0 unspecified atom stereocenters. The van der Waals surface area contributed by atoms with Crippen LogP contribution in [0.4, 0.5) is 10.1 Å². The number of carboxylic acids is 1. The first-order valence-corrected chi connectivity index (χ1v) is 4.75. The van der Waals surface area contributed by atoms with E-state index in [9.17, 15) is 19.3 Å². The van der Waals surface area contributed by atoms with E-state index in [2.05, 4.69) is 15.9 Å². The van der Waals surface area contributed by atoms with Gasteiger partial charge in [0.05, 0.1) is 9.40 Å². The molecule has 0 bridgehead atoms. The van der Waals surface area contributed by atoms with E-state index < -0.39 is 16.7 Å². The lowest BCUT2D eigenvalue weighted by molar-refractivity contribution is -0.385. The van der Waals surface area contributed by atoms with Gasteiger partial charge in [-0.1, -0.05) is 6.07 Å². The monoisotopic (exact) mass is 289 g/mol. The van der Waals surface area contributed by atoms with Crippen LogP contribution in [0.25, 0.3) is 6.08 Å². The van der Waals surface area contributed by atoms with Crippen molar-refractivity contribution in [2.24, 2.45) is 0 Å². The van der Waals surface area contributed by atoms with Gasteiger partial charge in [0, 0.05) is 6.07 Å². The second kappa shape index (κ2) is 4.84. The number of nitro benzene ring substituents is 1. The summed E-state index contributed by atoms with van der Waals surface area (Å²) in [5, 5.41) is 18.8. The highest BCUT2D eigenvalue weighted by molar-refractivity contribution is 9.10. The Labute approximate surface area is 97.5 Å². The van der Waals surface area contributed by atoms with Crippen LogP contribution in [0.15, 0.2) is 28.5 Å². The first-order valence-electron chi connectivity index (χ1n) is 3.96. The van der Waals surface area contributed by atoms with Gasteiger partial charge in [0.15, 0.2) is 0 Å². The molecule has 0 aromatic heterocycles. The lowest BCUT2D eigenvalue weighted by Crippen LogP contribution is -1.95. The summed E-state index contributed by atoms with van der Waals surface area (Å²) in [5.41, 5.74) is -0.151. The number of aliphatic carboxylic acids is 1. The number of benzene rings is 1. The van der Waals surface area contributed by atoms with Gasteiger partial charge < -0.3 is 5.11 Å². The minimum absolute atomic E-state index is 0.106. The molecule has 0 saturated carbocycles. The Bertz CT molecular complexity index is 486. The molecule has 16 heavy (non-hydrogen) atoms. The lowest BCUT2D eigenvalue weighted by atomic mass is 10.2. The van der Waals surface area contributed by atoms with Crippen molar-refractivity contribution >= 4 is 33.7 Å². The summed E-state index contributed by atoms with van der Waals surface area (Å²) in [5.74, 6) is -3.10. The van der Waals surface area contributed by atoms with Crippen LogP contribution in [0.3, 0.4) is 0 Å². The van der Waals surface area contributed by atoms with E-state index in [1.54, 1.807) is 0 Å². The Morgan fingerprint density at radius 1 is 1.56 bits per heavy atom. The summed E-state index contributed by atoms with van der Waals surface area (Å²) < 4.78 is 13.0. The smallest absolute Gasteiger partial charge is 0.364 e. The van der Waals surface area contributed by atoms with Crippen LogP contribution in [-0.4, -0.2) is 16.0 Å². The molecule has 0 spiro atoms. The van der Waals surface area contributed by atoms with E-state index in [-0.39, 0.29) is 15.7 Å². The van der Waals surface area contributed by atoms with E-state index in [0.717, 1.165) is 6.07 Å². The van der Waals surface area contributed by atoms with Crippen molar-refractivity contribution in [1.29, 1.82) is 0 Å². The fourth-order valence-electron chi connectivity index (χ4n) is 0.967. The molecule has 0 aliphatic rings. The fraction of sp³-hybridized carbons (Fsp3) is 0. The third-order valence-electron chi connectivity index (χ3n) is 1.66. The van der Waals surface area contributed by atoms with Gasteiger partial charge in [-0.15, -0.1) is 0 Å². The summed E-state index contributed by atoms with van der Waals surface area (Å²) in [6, 6.07) is 3.78. The summed E-state index contributed by atoms with van der Waals surface area (Å²) in [7, 11) is 0. The molecule has 0 aliphatic heterocycles. The maximum Gasteiger partial charge on any atom is 0.364 e. The molecular formula is C9H5BrFNO4. The Balaban J connectivity index is 3.18. The van der Waals surface area contributed by atoms with E-state index in [0.29, 0.717) is 6.08 Å². The standard InChI is InChI=1S/C9H5BrFNO4/c10-6-2-1-5(3-7(11)9(13)14)4-8(6)12(15)16/h1-4H,(H,13,14). The first kappa shape index (κ1) is 12.3. The number of halogens is 2. The predicted octanol–water partition coefficient (Wildman–Crippen LogP) is 2.75. The van der Waals surface area contributed by atoms with Crippen molar-refractivity contribution in [2.45, 2.75) is 0 Å². The molecule has 84 valence electrons. The van der Waals surface area contributed by atoms with Crippen molar-refractivity contribution in [3.05, 3.63) is 44.2 Å². The molecule has 1 aromatic carbocycles. The van der Waals surface area contributed by atoms with Crippen LogP contribution >= 0.6 is 15.9 Å². The molecular weight excluding hydrogens is 285 g/mol. The number of carboxylic acid groups (broad SMARTS) is 1. The van der Waals surface area contributed by atoms with Crippen molar-refractivity contribution in [3.63, 3.8) is 0 Å². The van der Waals surface area contributed by atoms with E-state index in [1.807, 2.05) is 0 Å². The second-order valence-corrected chi connectivity index (χ2v) is 3.62. The number of hydrogen-bond donors (Lipinski definition) is 1. The van der Waals surface area contributed by atoms with E-state index in [4.69, 9.17) is 5.11 Å². The third kappa shape index (κ3) is 2.86. The molecule has 0 heterocycles. The van der Waals surface area contributed by atoms with Gasteiger partial charge in [0.1, 0.15) is 0 Å². The van der Waals surface area contributed by atoms with Gasteiger partial charge in [-0.05, 0) is 33.6 Å². The molecule has 0 aliphatic carbocycles. The number of nitrogens with zero attached hydrogens (tertiary/aromatic N) is 1. The highest BCUT2D eigenvalue weighted by Gasteiger charge is 2.13. The van der Waals surface area contributed by atoms with Crippen LogP contribution in [0.5, 0.6) is 0 Å². The Morgan fingerprint density at radius 2 is 2.19 bits per heavy atom. The van der Waals surface area contributed by atoms with Crippen LogP contribution in [-0.2, 0) is 4.79 Å². The number of nitro groups is 1. The molecule has 5 nitrogen and oxygen atoms in total. The van der Waals surface area contributed by atoms with E-state index >= 15 is 0 Å². The molecule has 0 amide bonds. The van der Waals surface area contributed by atoms with Gasteiger partial charge in [-0.3, -0.25) is 10.1 Å². The molecule has 0 fully saturated rings. The van der Waals surface area contributed by atoms with Gasteiger partial charge in [-0.2, -0.15) is 4.39 Å². The van der Waals surface area contributed by atoms with Gasteiger partial charge >= 0.3 is 5.97 Å². The van der Waals surface area contributed by atoms with Crippen molar-refractivity contribution < 1.29 is 19.2 Å². The highest BCUT2D eigenvalue weighted by Crippen LogP contribution is 2.26. The summed E-state index contributed by atoms with van der Waals surface area (Å²) in [6.45, 7) is 0. The SMILES string of the molecule is O=C(O)C(F)=Cc1ccc(Br)c([N+](=O)[O-])c1. The average molecular weight is 290 g/mol. The minimum atomic E-state index is -1.72. The predicted molar refractivity (Wildman–Crippen MR) is 57.5 cm³/mol. The molecule has 0 atom stereocenters. The van der Waals surface area contributed by atoms with Crippen LogP contribution < -0.4 is 0 Å². The van der Waals surface area contributed by atoms with Gasteiger partial charge in [0.25, 0.3) is 5.69 Å². The van der Waals surface area contributed by atoms with Crippen molar-refractivity contribution in [2.75, 3.05) is 0 Å². The maximum atomic E-state index is 12.7. The fourth-order valence-corrected chi connectivity index (χ4v) is 1.36. The third-order valence-corrected chi connectivity index (χ3v) is 2.34. The van der Waals surface area contributed by atoms with Crippen LogP contribution in [0, 0.1) is 10.1 Å². The largest absolute Gasteiger partial charge is 0.476 e. The van der Waals surface area contributed by atoms with Crippen molar-refractivity contribution in [1.82, 2.24) is 0 Å². The highest BCUT2D eigenvalue weighted by atomic mass is 79.9. The summed E-state index contributed by atoms with van der Waals surface area (Å²) >= 11 is 2.95. The molecule has 0 saturated heterocycles. The van der Waals surface area contributed by atoms with Crippen molar-refractivity contribution in [3.8, 4) is 0 Å². The number of hydrogen-bond acceptors (Lipinski definition) is 3. The first-order chi connectivity index (χ1) is 7.41. The normalized spacial score (nSPS) is 11.2. The van der Waals surface area contributed by atoms with E-state index in [1.165, 1.54) is 12.1 Å². The lowest BCUT2D eigenvalue weighted by Gasteiger charge is -1.97. The topological polar surface area (TPSA) is 80.4 Å². The zero-order valence-corrected chi connectivity index (χ0v) is 9.27. The minimum Gasteiger partial charge on any atom is -0.476 e. The molecule has 0 radical (unpaired) electrons. The maximum absolute atomic E-state index is 12.7. The number of carbonyl (C=O) groups is 1. The Morgan fingerprint density at radius 3 is 2.69 bits per heavy atom. The Hall–Kier alpha value is -1.76. The quantitative estimate of drug-likeness (QED) is 0.527. The second-order valence-electron chi connectivity index (χ2n) is 2.77. The summed E-state index contributed by atoms with van der Waals surface area (Å²) in [6.07, 6.45) is 0.710. The van der Waals surface area contributed by atoms with Crippen LogP contribution in [0.1, 0.15) is 5.56 Å². The van der Waals surface area contributed by atoms with Gasteiger partial charge in [0.2, 0.25) is 5.83 Å². The Kier molecular flexibility index (Phi) is 3.73. The average Bonchev–Trinajstić information content (AvgIpc) is 2.20.